The summed E-state index contributed by atoms with van der Waals surface area (Å²) in [4.78, 5) is 0. The second-order valence-corrected chi connectivity index (χ2v) is 3.94. The number of aryl methyl sites for hydroxylation is 1. The lowest BCUT2D eigenvalue weighted by Gasteiger charge is -2.43. The van der Waals surface area contributed by atoms with Crippen LogP contribution in [-0.4, -0.2) is 27.6 Å². The molecule has 14 heavy (non-hydrogen) atoms. The van der Waals surface area contributed by atoms with Gasteiger partial charge in [-0.25, -0.2) is 0 Å². The van der Waals surface area contributed by atoms with Crippen LogP contribution in [0.5, 0.6) is 0 Å². The third-order valence-electron chi connectivity index (χ3n) is 3.12. The molecule has 1 fully saturated rings. The van der Waals surface area contributed by atoms with Gasteiger partial charge >= 0.3 is 0 Å². The molecule has 0 bridgehead atoms. The molecule has 0 aromatic carbocycles. The van der Waals surface area contributed by atoms with E-state index in [4.69, 9.17) is 4.74 Å². The summed E-state index contributed by atoms with van der Waals surface area (Å²) < 4.78 is 7.09. The number of rotatable bonds is 3. The molecule has 1 atom stereocenters. The van der Waals surface area contributed by atoms with Crippen molar-refractivity contribution in [3.05, 3.63) is 18.0 Å². The smallest absolute Gasteiger partial charge is 0.127 e. The molecule has 1 saturated carbocycles. The number of hydrogen-bond acceptors (Lipinski definition) is 3. The summed E-state index contributed by atoms with van der Waals surface area (Å²) in [6, 6.07) is 1.84. The lowest BCUT2D eigenvalue weighted by atomic mass is 9.75. The largest absolute Gasteiger partial charge is 0.384 e. The van der Waals surface area contributed by atoms with Gasteiger partial charge in [-0.15, -0.1) is 0 Å². The van der Waals surface area contributed by atoms with Crippen LogP contribution in [0.1, 0.15) is 31.1 Å². The van der Waals surface area contributed by atoms with Gasteiger partial charge in [0.25, 0.3) is 0 Å². The van der Waals surface area contributed by atoms with Gasteiger partial charge in [-0.1, -0.05) is 0 Å². The Balaban J connectivity index is 2.18. The number of aromatic nitrogens is 2. The van der Waals surface area contributed by atoms with Crippen molar-refractivity contribution in [1.82, 2.24) is 9.78 Å². The van der Waals surface area contributed by atoms with Crippen LogP contribution in [0.15, 0.2) is 12.3 Å². The van der Waals surface area contributed by atoms with Crippen LogP contribution in [0.3, 0.4) is 0 Å². The first kappa shape index (κ1) is 9.68. The minimum Gasteiger partial charge on any atom is -0.384 e. The Morgan fingerprint density at radius 3 is 2.71 bits per heavy atom. The number of hydrogen-bond donors (Lipinski definition) is 1. The molecular formula is C10H16N2O2. The van der Waals surface area contributed by atoms with Gasteiger partial charge < -0.3 is 9.84 Å². The molecule has 0 spiro atoms. The summed E-state index contributed by atoms with van der Waals surface area (Å²) >= 11 is 0. The van der Waals surface area contributed by atoms with E-state index < -0.39 is 6.10 Å². The molecule has 1 unspecified atom stereocenters. The first-order valence-electron chi connectivity index (χ1n) is 4.91. The van der Waals surface area contributed by atoms with Crippen LogP contribution in [0.4, 0.5) is 0 Å². The Morgan fingerprint density at radius 2 is 2.36 bits per heavy atom. The number of nitrogens with zero attached hydrogens (tertiary/aromatic N) is 2. The van der Waals surface area contributed by atoms with Crippen LogP contribution >= 0.6 is 0 Å². The van der Waals surface area contributed by atoms with Crippen molar-refractivity contribution >= 4 is 0 Å². The fraction of sp³-hybridized carbons (Fsp3) is 0.700. The molecule has 0 radical (unpaired) electrons. The van der Waals surface area contributed by atoms with E-state index in [2.05, 4.69) is 5.10 Å². The highest BCUT2D eigenvalue weighted by Gasteiger charge is 2.45. The predicted octanol–water partition coefficient (Wildman–Crippen LogP) is 1.02. The third-order valence-corrected chi connectivity index (χ3v) is 3.12. The highest BCUT2D eigenvalue weighted by Crippen LogP contribution is 2.44. The molecule has 1 aliphatic carbocycles. The summed E-state index contributed by atoms with van der Waals surface area (Å²) in [5.74, 6) is 0. The zero-order valence-corrected chi connectivity index (χ0v) is 8.60. The zero-order valence-electron chi connectivity index (χ0n) is 8.60. The van der Waals surface area contributed by atoms with Crippen LogP contribution < -0.4 is 0 Å². The average Bonchev–Trinajstić information content (AvgIpc) is 2.50. The van der Waals surface area contributed by atoms with E-state index in [0.29, 0.717) is 5.69 Å². The third kappa shape index (κ3) is 1.35. The lowest BCUT2D eigenvalue weighted by Crippen LogP contribution is -2.45. The summed E-state index contributed by atoms with van der Waals surface area (Å²) in [5, 5.41) is 14.3. The molecule has 0 amide bonds. The Labute approximate surface area is 83.5 Å². The van der Waals surface area contributed by atoms with E-state index in [1.165, 1.54) is 0 Å². The second kappa shape index (κ2) is 3.37. The molecule has 0 aliphatic heterocycles. The molecule has 1 aromatic heterocycles. The van der Waals surface area contributed by atoms with E-state index >= 15 is 0 Å². The molecule has 78 valence electrons. The standard InChI is InChI=1S/C10H16N2O2/c1-12-7-4-8(11-12)9(13)10(14-2)5-3-6-10/h4,7,9,13H,3,5-6H2,1-2H3. The van der Waals surface area contributed by atoms with Crippen molar-refractivity contribution in [2.45, 2.75) is 31.0 Å². The maximum atomic E-state index is 10.1. The van der Waals surface area contributed by atoms with Crippen LogP contribution in [0, 0.1) is 0 Å². The highest BCUT2D eigenvalue weighted by molar-refractivity contribution is 5.11. The first-order valence-corrected chi connectivity index (χ1v) is 4.91. The lowest BCUT2D eigenvalue weighted by molar-refractivity contribution is -0.153. The highest BCUT2D eigenvalue weighted by atomic mass is 16.5. The van der Waals surface area contributed by atoms with Gasteiger partial charge in [0.05, 0.1) is 11.3 Å². The molecule has 1 heterocycles. The van der Waals surface area contributed by atoms with Gasteiger partial charge in [-0.05, 0) is 25.3 Å². The molecule has 4 heteroatoms. The van der Waals surface area contributed by atoms with Crippen molar-refractivity contribution in [1.29, 1.82) is 0 Å². The van der Waals surface area contributed by atoms with Gasteiger partial charge in [0.1, 0.15) is 6.10 Å². The first-order chi connectivity index (χ1) is 6.68. The van der Waals surface area contributed by atoms with E-state index in [-0.39, 0.29) is 5.60 Å². The van der Waals surface area contributed by atoms with Crippen LogP contribution in [0.2, 0.25) is 0 Å². The summed E-state index contributed by atoms with van der Waals surface area (Å²) in [6.07, 6.45) is 4.20. The van der Waals surface area contributed by atoms with Gasteiger partial charge in [-0.3, -0.25) is 4.68 Å². The van der Waals surface area contributed by atoms with Gasteiger partial charge in [0.2, 0.25) is 0 Å². The van der Waals surface area contributed by atoms with Crippen molar-refractivity contribution < 1.29 is 9.84 Å². The van der Waals surface area contributed by atoms with E-state index in [9.17, 15) is 5.11 Å². The topological polar surface area (TPSA) is 47.3 Å². The quantitative estimate of drug-likeness (QED) is 0.785. The Kier molecular flexibility index (Phi) is 2.33. The Bertz CT molecular complexity index is 312. The monoisotopic (exact) mass is 196 g/mol. The normalized spacial score (nSPS) is 21.6. The van der Waals surface area contributed by atoms with E-state index in [0.717, 1.165) is 19.3 Å². The summed E-state index contributed by atoms with van der Waals surface area (Å²) in [6.45, 7) is 0. The molecule has 0 saturated heterocycles. The molecule has 1 N–H and O–H groups in total. The SMILES string of the molecule is COC1(C(O)c2ccn(C)n2)CCC1. The van der Waals surface area contributed by atoms with E-state index in [1.54, 1.807) is 11.8 Å². The van der Waals surface area contributed by atoms with Crippen LogP contribution in [0.25, 0.3) is 0 Å². The maximum absolute atomic E-state index is 10.1. The predicted molar refractivity (Wildman–Crippen MR) is 51.8 cm³/mol. The Hall–Kier alpha value is -0.870. The minimum atomic E-state index is -0.595. The Morgan fingerprint density at radius 1 is 1.64 bits per heavy atom. The minimum absolute atomic E-state index is 0.381. The van der Waals surface area contributed by atoms with Gasteiger partial charge in [-0.2, -0.15) is 5.10 Å². The number of ether oxygens (including phenoxy) is 1. The fourth-order valence-electron chi connectivity index (χ4n) is 1.96. The van der Waals surface area contributed by atoms with Crippen LogP contribution in [-0.2, 0) is 11.8 Å². The van der Waals surface area contributed by atoms with Crippen molar-refractivity contribution in [2.75, 3.05) is 7.11 Å². The number of aliphatic hydroxyl groups is 1. The molecular weight excluding hydrogens is 180 g/mol. The fourth-order valence-corrected chi connectivity index (χ4v) is 1.96. The molecule has 4 nitrogen and oxygen atoms in total. The zero-order chi connectivity index (χ0) is 10.2. The van der Waals surface area contributed by atoms with Crippen molar-refractivity contribution in [3.63, 3.8) is 0 Å². The summed E-state index contributed by atoms with van der Waals surface area (Å²) in [7, 11) is 3.50. The van der Waals surface area contributed by atoms with E-state index in [1.807, 2.05) is 19.3 Å². The van der Waals surface area contributed by atoms with Crippen molar-refractivity contribution in [3.8, 4) is 0 Å². The number of aliphatic hydroxyl groups excluding tert-OH is 1. The van der Waals surface area contributed by atoms with Crippen molar-refractivity contribution in [2.24, 2.45) is 7.05 Å². The maximum Gasteiger partial charge on any atom is 0.127 e. The molecule has 2 rings (SSSR count). The summed E-state index contributed by atoms with van der Waals surface area (Å²) in [5.41, 5.74) is 0.322. The number of methoxy groups -OCH3 is 1. The van der Waals surface area contributed by atoms with Gasteiger partial charge in [0, 0.05) is 20.4 Å². The molecule has 1 aliphatic rings. The molecule has 1 aromatic rings. The average molecular weight is 196 g/mol. The second-order valence-electron chi connectivity index (χ2n) is 3.94. The van der Waals surface area contributed by atoms with Gasteiger partial charge in [0.15, 0.2) is 0 Å².